The summed E-state index contributed by atoms with van der Waals surface area (Å²) in [5.41, 5.74) is 7.42. The van der Waals surface area contributed by atoms with Crippen molar-refractivity contribution in [1.82, 2.24) is 46.1 Å². The normalized spacial score (nSPS) is 14.3. The monoisotopic (exact) mass is 671 g/mol. The first-order chi connectivity index (χ1) is 22.9. The second-order valence-corrected chi connectivity index (χ2v) is 11.8. The van der Waals surface area contributed by atoms with Crippen molar-refractivity contribution < 1.29 is 9.47 Å². The van der Waals surface area contributed by atoms with E-state index in [1.54, 1.807) is 32.8 Å². The molecule has 242 valence electrons. The fourth-order valence-corrected chi connectivity index (χ4v) is 6.15. The van der Waals surface area contributed by atoms with Crippen molar-refractivity contribution in [2.24, 2.45) is 0 Å². The van der Waals surface area contributed by atoms with Crippen LogP contribution in [0, 0.1) is 0 Å². The Kier molecular flexibility index (Phi) is 10.3. The van der Waals surface area contributed by atoms with Crippen molar-refractivity contribution >= 4 is 23.2 Å². The van der Waals surface area contributed by atoms with Crippen LogP contribution in [0.1, 0.15) is 29.9 Å². The van der Waals surface area contributed by atoms with Gasteiger partial charge >= 0.3 is 0 Å². The zero-order chi connectivity index (χ0) is 32.8. The second-order valence-electron chi connectivity index (χ2n) is 11.0. The second kappa shape index (κ2) is 14.9. The predicted octanol–water partition coefficient (Wildman–Crippen LogP) is 5.96. The molecule has 4 heterocycles. The maximum atomic E-state index is 7.05. The van der Waals surface area contributed by atoms with Crippen LogP contribution < -0.4 is 25.4 Å². The molecule has 0 bridgehead atoms. The van der Waals surface area contributed by atoms with Gasteiger partial charge in [0.25, 0.3) is 0 Å². The maximum absolute atomic E-state index is 7.05. The lowest BCUT2D eigenvalue weighted by molar-refractivity contribution is 0.386. The Morgan fingerprint density at radius 2 is 1.38 bits per heavy atom. The van der Waals surface area contributed by atoms with E-state index in [0.29, 0.717) is 81.4 Å². The van der Waals surface area contributed by atoms with E-state index in [4.69, 9.17) is 42.6 Å². The van der Waals surface area contributed by atoms with Gasteiger partial charge in [-0.2, -0.15) is 5.10 Å². The van der Waals surface area contributed by atoms with Gasteiger partial charge in [0.05, 0.1) is 53.7 Å². The van der Waals surface area contributed by atoms with Gasteiger partial charge in [-0.1, -0.05) is 66.2 Å². The van der Waals surface area contributed by atoms with E-state index in [0.717, 1.165) is 41.9 Å². The number of benzene rings is 2. The van der Waals surface area contributed by atoms with Crippen molar-refractivity contribution in [2.45, 2.75) is 38.5 Å². The number of allylic oxidation sites excluding steroid dienone is 1. The number of aromatic nitrogens is 6. The summed E-state index contributed by atoms with van der Waals surface area (Å²) in [6.45, 7) is 6.36. The van der Waals surface area contributed by atoms with Crippen molar-refractivity contribution in [3.63, 3.8) is 0 Å². The molecule has 2 aromatic carbocycles. The van der Waals surface area contributed by atoms with Crippen LogP contribution in [0.3, 0.4) is 0 Å². The number of methoxy groups -OCH3 is 2. The third-order valence-electron chi connectivity index (χ3n) is 7.89. The molecule has 6 rings (SSSR count). The van der Waals surface area contributed by atoms with Gasteiger partial charge in [0.1, 0.15) is 11.4 Å². The van der Waals surface area contributed by atoms with Crippen molar-refractivity contribution in [2.75, 3.05) is 20.8 Å². The minimum Gasteiger partial charge on any atom is -0.480 e. The molecule has 0 saturated carbocycles. The quantitative estimate of drug-likeness (QED) is 0.119. The summed E-state index contributed by atoms with van der Waals surface area (Å²) in [4.78, 5) is 18.8. The smallest absolute Gasteiger partial charge is 0.237 e. The topological polar surface area (TPSA) is 135 Å². The first-order valence-electron chi connectivity index (χ1n) is 15.2. The molecular weight excluding hydrogens is 637 g/mol. The molecule has 1 aliphatic heterocycles. The van der Waals surface area contributed by atoms with Crippen LogP contribution in [-0.2, 0) is 19.6 Å². The molecule has 0 amide bonds. The molecule has 11 nitrogen and oxygen atoms in total. The molecule has 1 aliphatic rings. The summed E-state index contributed by atoms with van der Waals surface area (Å²) in [5, 5.41) is 18.1. The van der Waals surface area contributed by atoms with Crippen LogP contribution in [0.5, 0.6) is 11.8 Å². The predicted molar refractivity (Wildman–Crippen MR) is 183 cm³/mol. The summed E-state index contributed by atoms with van der Waals surface area (Å²) in [6, 6.07) is 13.7. The van der Waals surface area contributed by atoms with Crippen LogP contribution in [0.15, 0.2) is 73.3 Å². The highest BCUT2D eigenvalue weighted by atomic mass is 35.5. The summed E-state index contributed by atoms with van der Waals surface area (Å²) in [6.07, 6.45) is 7.25. The highest BCUT2D eigenvalue weighted by Gasteiger charge is 2.20. The molecule has 1 fully saturated rings. The number of hydrogen-bond donors (Lipinski definition) is 4. The number of H-pyrrole nitrogens is 1. The number of nitrogens with one attached hydrogen (secondary N) is 4. The minimum absolute atomic E-state index is 0.363. The molecule has 3 aromatic heterocycles. The number of nitrogens with zero attached hydrogens (tertiary/aromatic N) is 5. The molecule has 5 aromatic rings. The number of halogens is 2. The molecule has 0 radical (unpaired) electrons. The first-order valence-corrected chi connectivity index (χ1v) is 15.9. The summed E-state index contributed by atoms with van der Waals surface area (Å²) < 4.78 is 11.2. The van der Waals surface area contributed by atoms with Crippen LogP contribution in [0.4, 0.5) is 0 Å². The highest BCUT2D eigenvalue weighted by molar-refractivity contribution is 6.39. The van der Waals surface area contributed by atoms with E-state index in [2.05, 4.69) is 42.7 Å². The number of aromatic amines is 1. The van der Waals surface area contributed by atoms with Gasteiger partial charge in [-0.3, -0.25) is 15.1 Å². The molecule has 47 heavy (non-hydrogen) atoms. The lowest BCUT2D eigenvalue weighted by Crippen LogP contribution is -2.33. The Morgan fingerprint density at radius 3 is 1.89 bits per heavy atom. The van der Waals surface area contributed by atoms with Crippen molar-refractivity contribution in [1.29, 1.82) is 0 Å². The third-order valence-corrected chi connectivity index (χ3v) is 8.71. The van der Waals surface area contributed by atoms with Crippen LogP contribution in [0.25, 0.3) is 33.6 Å². The zero-order valence-electron chi connectivity index (χ0n) is 26.1. The largest absolute Gasteiger partial charge is 0.480 e. The van der Waals surface area contributed by atoms with Gasteiger partial charge in [-0.05, 0) is 18.9 Å². The summed E-state index contributed by atoms with van der Waals surface area (Å²) in [5.74, 6) is 0.846. The van der Waals surface area contributed by atoms with Gasteiger partial charge < -0.3 is 25.4 Å². The molecule has 1 saturated heterocycles. The van der Waals surface area contributed by atoms with E-state index in [9.17, 15) is 0 Å². The number of ether oxygens (including phenoxy) is 2. The molecule has 0 aliphatic carbocycles. The molecule has 4 N–H and O–H groups in total. The Labute approximate surface area is 283 Å². The van der Waals surface area contributed by atoms with Gasteiger partial charge in [-0.15, -0.1) is 0 Å². The van der Waals surface area contributed by atoms with E-state index < -0.39 is 0 Å². The molecule has 1 atom stereocenters. The average Bonchev–Trinajstić information content (AvgIpc) is 3.77. The molecular formula is C34H35Cl2N9O2. The first kappa shape index (κ1) is 32.4. The van der Waals surface area contributed by atoms with E-state index in [1.165, 1.54) is 0 Å². The van der Waals surface area contributed by atoms with Crippen LogP contribution >= 0.6 is 23.2 Å². The SMILES string of the molecule is C=C1CC[C@@H](CNCc2ncc(-c3cccc(-c4cccc(-c5cnc(CNCc6cc[nH]n6)c(OC)n5)c4Cl)c3Cl)nc2OC)N1. The van der Waals surface area contributed by atoms with E-state index >= 15 is 0 Å². The zero-order valence-corrected chi connectivity index (χ0v) is 27.6. The van der Waals surface area contributed by atoms with E-state index in [1.807, 2.05) is 42.5 Å². The number of rotatable bonds is 13. The third kappa shape index (κ3) is 7.39. The maximum Gasteiger partial charge on any atom is 0.237 e. The lowest BCUT2D eigenvalue weighted by atomic mass is 9.98. The van der Waals surface area contributed by atoms with Gasteiger partial charge in [0, 0.05) is 66.4 Å². The van der Waals surface area contributed by atoms with Crippen molar-refractivity contribution in [3.8, 4) is 45.4 Å². The minimum atomic E-state index is 0.363. The Bertz CT molecular complexity index is 1870. The fraction of sp³-hybridized carbons (Fsp3) is 0.265. The van der Waals surface area contributed by atoms with Crippen molar-refractivity contribution in [3.05, 3.63) is 100 Å². The van der Waals surface area contributed by atoms with Crippen LogP contribution in [0.2, 0.25) is 10.0 Å². The summed E-state index contributed by atoms with van der Waals surface area (Å²) in [7, 11) is 3.16. The molecule has 13 heteroatoms. The number of hydrogen-bond acceptors (Lipinski definition) is 10. The average molecular weight is 673 g/mol. The lowest BCUT2D eigenvalue weighted by Gasteiger charge is -2.15. The Balaban J connectivity index is 1.22. The Morgan fingerprint density at radius 1 is 0.809 bits per heavy atom. The molecule has 0 spiro atoms. The fourth-order valence-electron chi connectivity index (χ4n) is 5.50. The van der Waals surface area contributed by atoms with E-state index in [-0.39, 0.29) is 0 Å². The van der Waals surface area contributed by atoms with Gasteiger partial charge in [0.15, 0.2) is 0 Å². The standard InChI is InChI=1S/C34H35Cl2N9O2/c1-20-10-11-21(42-20)14-37-16-29-33(46-2)43-27(18-39-29)25-8-4-6-23(31(25)35)24-7-5-9-26(32(24)36)28-19-40-30(34(44-28)47-3)17-38-15-22-12-13-41-45-22/h4-9,12-13,18-19,21,37-38,42H,1,10-11,14-17H2,2-3H3,(H,41,45)/t21-/m0/s1. The van der Waals surface area contributed by atoms with Crippen LogP contribution in [-0.4, -0.2) is 56.9 Å². The van der Waals surface area contributed by atoms with Gasteiger partial charge in [-0.25, -0.2) is 9.97 Å². The molecule has 0 unspecified atom stereocenters. The highest BCUT2D eigenvalue weighted by Crippen LogP contribution is 2.42. The summed E-state index contributed by atoms with van der Waals surface area (Å²) >= 11 is 14.1. The Hall–Kier alpha value is -4.55. The van der Waals surface area contributed by atoms with Gasteiger partial charge in [0.2, 0.25) is 11.8 Å².